The van der Waals surface area contributed by atoms with Gasteiger partial charge in [-0.1, -0.05) is 0 Å². The van der Waals surface area contributed by atoms with Gasteiger partial charge >= 0.3 is 0 Å². The largest absolute Gasteiger partial charge is 0.383 e. The number of H-pyrrole nitrogens is 1. The number of hydrogen-bond acceptors (Lipinski definition) is 5. The van der Waals surface area contributed by atoms with Crippen molar-refractivity contribution >= 4 is 5.96 Å². The fourth-order valence-corrected chi connectivity index (χ4v) is 1.08. The molecule has 1 atom stereocenters. The minimum absolute atomic E-state index is 0.0557. The summed E-state index contributed by atoms with van der Waals surface area (Å²) in [5.74, 6) is 6.53. The number of aromatic nitrogens is 3. The van der Waals surface area contributed by atoms with Crippen LogP contribution in [0.25, 0.3) is 0 Å². The highest BCUT2D eigenvalue weighted by Gasteiger charge is 2.09. The molecule has 1 unspecified atom stereocenters. The maximum atomic E-state index is 5.33. The summed E-state index contributed by atoms with van der Waals surface area (Å²) >= 11 is 0. The van der Waals surface area contributed by atoms with E-state index in [9.17, 15) is 0 Å². The Hall–Kier alpha value is -1.67. The molecule has 0 radical (unpaired) electrons. The zero-order valence-electron chi connectivity index (χ0n) is 9.40. The van der Waals surface area contributed by atoms with E-state index in [0.29, 0.717) is 19.1 Å². The van der Waals surface area contributed by atoms with E-state index < -0.39 is 0 Å². The van der Waals surface area contributed by atoms with Crippen molar-refractivity contribution < 1.29 is 4.74 Å². The Balaban J connectivity index is 2.46. The van der Waals surface area contributed by atoms with Gasteiger partial charge in [0.15, 0.2) is 0 Å². The molecular weight excluding hydrogens is 210 g/mol. The van der Waals surface area contributed by atoms with Crippen LogP contribution in [0.4, 0.5) is 0 Å². The average Bonchev–Trinajstić information content (AvgIpc) is 2.81. The molecule has 90 valence electrons. The highest BCUT2D eigenvalue weighted by molar-refractivity contribution is 5.79. The van der Waals surface area contributed by atoms with Crippen molar-refractivity contribution in [2.45, 2.75) is 13.0 Å². The molecule has 0 fully saturated rings. The molecule has 0 saturated heterocycles. The summed E-state index contributed by atoms with van der Waals surface area (Å²) in [6.07, 6.45) is 1.45. The summed E-state index contributed by atoms with van der Waals surface area (Å²) in [5.41, 5.74) is 2.48. The fraction of sp³-hybridized carbons (Fsp3) is 0.625. The van der Waals surface area contributed by atoms with Crippen LogP contribution in [-0.2, 0) is 4.74 Å². The third-order valence-corrected chi connectivity index (χ3v) is 1.90. The lowest BCUT2D eigenvalue weighted by molar-refractivity contribution is 0.208. The number of ether oxygens (including phenoxy) is 1. The number of hydrogen-bond donors (Lipinski definition) is 4. The molecule has 0 bridgehead atoms. The number of nitrogens with zero attached hydrogens (tertiary/aromatic N) is 3. The minimum atomic E-state index is -0.0557. The van der Waals surface area contributed by atoms with Crippen molar-refractivity contribution in [1.82, 2.24) is 25.9 Å². The summed E-state index contributed by atoms with van der Waals surface area (Å²) in [6, 6.07) is -0.0557. The quantitative estimate of drug-likeness (QED) is 0.167. The Morgan fingerprint density at radius 3 is 3.12 bits per heavy atom. The van der Waals surface area contributed by atoms with Gasteiger partial charge in [0, 0.05) is 7.11 Å². The molecular formula is C8H17N7O. The zero-order chi connectivity index (χ0) is 11.8. The van der Waals surface area contributed by atoms with Gasteiger partial charge in [0.1, 0.15) is 12.2 Å². The molecule has 0 saturated carbocycles. The van der Waals surface area contributed by atoms with E-state index in [1.165, 1.54) is 6.33 Å². The summed E-state index contributed by atoms with van der Waals surface area (Å²) < 4.78 is 4.88. The molecule has 1 heterocycles. The van der Waals surface area contributed by atoms with Gasteiger partial charge < -0.3 is 10.1 Å². The first-order chi connectivity index (χ1) is 7.77. The maximum absolute atomic E-state index is 5.33. The second kappa shape index (κ2) is 6.75. The number of guanidine groups is 1. The fourth-order valence-electron chi connectivity index (χ4n) is 1.08. The number of aromatic amines is 1. The molecule has 0 aliphatic carbocycles. The lowest BCUT2D eigenvalue weighted by atomic mass is 10.3. The maximum Gasteiger partial charge on any atom is 0.206 e. The topological polar surface area (TPSA) is 113 Å². The molecule has 1 aromatic heterocycles. The summed E-state index contributed by atoms with van der Waals surface area (Å²) in [5, 5.41) is 9.58. The normalized spacial score (nSPS) is 13.6. The van der Waals surface area contributed by atoms with Gasteiger partial charge in [-0.3, -0.25) is 10.5 Å². The van der Waals surface area contributed by atoms with E-state index >= 15 is 0 Å². The molecule has 0 aliphatic heterocycles. The molecule has 1 aromatic rings. The average molecular weight is 227 g/mol. The minimum Gasteiger partial charge on any atom is -0.383 e. The van der Waals surface area contributed by atoms with Crippen molar-refractivity contribution in [3.63, 3.8) is 0 Å². The van der Waals surface area contributed by atoms with Gasteiger partial charge in [-0.2, -0.15) is 5.10 Å². The van der Waals surface area contributed by atoms with Crippen LogP contribution in [0, 0.1) is 0 Å². The monoisotopic (exact) mass is 227 g/mol. The van der Waals surface area contributed by atoms with E-state index in [0.717, 1.165) is 5.82 Å². The predicted octanol–water partition coefficient (Wildman–Crippen LogP) is -1.08. The van der Waals surface area contributed by atoms with Gasteiger partial charge in [0.05, 0.1) is 19.2 Å². The smallest absolute Gasteiger partial charge is 0.206 e. The van der Waals surface area contributed by atoms with Crippen LogP contribution in [0.5, 0.6) is 0 Å². The van der Waals surface area contributed by atoms with Crippen LogP contribution in [0.2, 0.25) is 0 Å². The number of rotatable bonds is 5. The lowest BCUT2D eigenvalue weighted by Gasteiger charge is -2.13. The van der Waals surface area contributed by atoms with Crippen molar-refractivity contribution in [1.29, 1.82) is 0 Å². The number of methoxy groups -OCH3 is 1. The van der Waals surface area contributed by atoms with Crippen molar-refractivity contribution in [2.75, 3.05) is 20.3 Å². The molecule has 0 aliphatic rings. The molecule has 1 rings (SSSR count). The first-order valence-electron chi connectivity index (χ1n) is 4.89. The molecule has 5 N–H and O–H groups in total. The van der Waals surface area contributed by atoms with E-state index in [-0.39, 0.29) is 6.04 Å². The second-order valence-corrected chi connectivity index (χ2v) is 3.10. The van der Waals surface area contributed by atoms with Crippen LogP contribution in [-0.4, -0.2) is 41.4 Å². The van der Waals surface area contributed by atoms with Gasteiger partial charge in [-0.05, 0) is 6.92 Å². The van der Waals surface area contributed by atoms with Crippen LogP contribution in [0.3, 0.4) is 0 Å². The second-order valence-electron chi connectivity index (χ2n) is 3.10. The van der Waals surface area contributed by atoms with Gasteiger partial charge in [-0.25, -0.2) is 15.8 Å². The van der Waals surface area contributed by atoms with Gasteiger partial charge in [0.2, 0.25) is 5.96 Å². The van der Waals surface area contributed by atoms with E-state index in [1.807, 2.05) is 6.92 Å². The van der Waals surface area contributed by atoms with Gasteiger partial charge in [-0.15, -0.1) is 0 Å². The molecule has 0 spiro atoms. The van der Waals surface area contributed by atoms with E-state index in [4.69, 9.17) is 10.6 Å². The summed E-state index contributed by atoms with van der Waals surface area (Å²) in [7, 11) is 1.62. The highest BCUT2D eigenvalue weighted by Crippen LogP contribution is 2.02. The lowest BCUT2D eigenvalue weighted by Crippen LogP contribution is -2.43. The third-order valence-electron chi connectivity index (χ3n) is 1.90. The SMILES string of the molecule is COCCN=C(NN)NC(C)c1ncn[nH]1. The van der Waals surface area contributed by atoms with Crippen molar-refractivity contribution in [2.24, 2.45) is 10.8 Å². The molecule has 0 aromatic carbocycles. The van der Waals surface area contributed by atoms with E-state index in [2.05, 4.69) is 30.9 Å². The predicted molar refractivity (Wildman–Crippen MR) is 59.4 cm³/mol. The number of hydrazine groups is 1. The molecule has 8 nitrogen and oxygen atoms in total. The van der Waals surface area contributed by atoms with Crippen LogP contribution in [0.1, 0.15) is 18.8 Å². The third kappa shape index (κ3) is 3.83. The zero-order valence-corrected chi connectivity index (χ0v) is 9.40. The summed E-state index contributed by atoms with van der Waals surface area (Å²) in [4.78, 5) is 8.19. The molecule has 16 heavy (non-hydrogen) atoms. The highest BCUT2D eigenvalue weighted by atomic mass is 16.5. The molecule has 0 amide bonds. The van der Waals surface area contributed by atoms with Crippen LogP contribution >= 0.6 is 0 Å². The first-order valence-corrected chi connectivity index (χ1v) is 4.89. The van der Waals surface area contributed by atoms with E-state index in [1.54, 1.807) is 7.11 Å². The Bertz CT molecular complexity index is 310. The Morgan fingerprint density at radius 2 is 2.56 bits per heavy atom. The first kappa shape index (κ1) is 12.4. The Labute approximate surface area is 93.7 Å². The van der Waals surface area contributed by atoms with Crippen molar-refractivity contribution in [3.05, 3.63) is 12.2 Å². The number of nitrogens with two attached hydrogens (primary N) is 1. The van der Waals surface area contributed by atoms with Crippen molar-refractivity contribution in [3.8, 4) is 0 Å². The Kier molecular flexibility index (Phi) is 5.23. The molecule has 8 heteroatoms. The Morgan fingerprint density at radius 1 is 1.75 bits per heavy atom. The number of nitrogens with one attached hydrogen (secondary N) is 3. The standard InChI is InChI=1S/C8H17N7O/c1-6(7-11-5-12-15-7)13-8(14-9)10-3-4-16-2/h5-6H,3-4,9H2,1-2H3,(H2,10,13,14)(H,11,12,15). The van der Waals surface area contributed by atoms with Crippen LogP contribution < -0.4 is 16.6 Å². The number of aliphatic imine (C=N–C) groups is 1. The summed E-state index contributed by atoms with van der Waals surface area (Å²) in [6.45, 7) is 3.00. The van der Waals surface area contributed by atoms with Crippen LogP contribution in [0.15, 0.2) is 11.3 Å². The van der Waals surface area contributed by atoms with Gasteiger partial charge in [0.25, 0.3) is 0 Å².